The second-order valence-corrected chi connectivity index (χ2v) is 5.69. The van der Waals surface area contributed by atoms with Gasteiger partial charge in [0.2, 0.25) is 5.91 Å². The van der Waals surface area contributed by atoms with Crippen molar-refractivity contribution in [2.45, 2.75) is 5.92 Å². The SMILES string of the molecule is O=C(Nc1ccc(Cl)cc1)C(c1ccccc1)c1ccccc1. The van der Waals surface area contributed by atoms with Gasteiger partial charge in [-0.1, -0.05) is 72.3 Å². The molecule has 0 heterocycles. The molecule has 0 radical (unpaired) electrons. The van der Waals surface area contributed by atoms with E-state index in [0.29, 0.717) is 5.02 Å². The molecule has 3 rings (SSSR count). The van der Waals surface area contributed by atoms with Gasteiger partial charge >= 0.3 is 0 Å². The molecule has 0 saturated carbocycles. The lowest BCUT2D eigenvalue weighted by Gasteiger charge is -2.18. The molecule has 0 aliphatic heterocycles. The smallest absolute Gasteiger partial charge is 0.236 e. The number of hydrogen-bond donors (Lipinski definition) is 1. The molecular formula is C20H16ClNO. The molecule has 0 aliphatic carbocycles. The lowest BCUT2D eigenvalue weighted by molar-refractivity contribution is -0.116. The maximum atomic E-state index is 12.9. The Bertz CT molecular complexity index is 730. The first-order valence-electron chi connectivity index (χ1n) is 7.40. The molecule has 1 N–H and O–H groups in total. The molecule has 23 heavy (non-hydrogen) atoms. The number of rotatable bonds is 4. The Kier molecular flexibility index (Phi) is 4.74. The lowest BCUT2D eigenvalue weighted by Crippen LogP contribution is -2.22. The van der Waals surface area contributed by atoms with Gasteiger partial charge in [0.15, 0.2) is 0 Å². The van der Waals surface area contributed by atoms with Crippen LogP contribution in [0.2, 0.25) is 5.02 Å². The van der Waals surface area contributed by atoms with Crippen molar-refractivity contribution in [2.75, 3.05) is 5.32 Å². The van der Waals surface area contributed by atoms with Crippen LogP contribution in [0.15, 0.2) is 84.9 Å². The molecule has 0 aromatic heterocycles. The van der Waals surface area contributed by atoms with Gasteiger partial charge in [-0.2, -0.15) is 0 Å². The van der Waals surface area contributed by atoms with Gasteiger partial charge in [-0.3, -0.25) is 4.79 Å². The topological polar surface area (TPSA) is 29.1 Å². The predicted molar refractivity (Wildman–Crippen MR) is 94.8 cm³/mol. The minimum absolute atomic E-state index is 0.0651. The van der Waals surface area contributed by atoms with Crippen LogP contribution in [-0.2, 0) is 4.79 Å². The van der Waals surface area contributed by atoms with Gasteiger partial charge in [0.1, 0.15) is 0 Å². The number of anilines is 1. The summed E-state index contributed by atoms with van der Waals surface area (Å²) in [6, 6.07) is 26.7. The van der Waals surface area contributed by atoms with Crippen molar-refractivity contribution in [3.63, 3.8) is 0 Å². The standard InChI is InChI=1S/C20H16ClNO/c21-17-11-13-18(14-12-17)22-20(23)19(15-7-3-1-4-8-15)16-9-5-2-6-10-16/h1-14,19H,(H,22,23). The molecule has 2 nitrogen and oxygen atoms in total. The summed E-state index contributed by atoms with van der Waals surface area (Å²) in [6.45, 7) is 0. The average Bonchev–Trinajstić information content (AvgIpc) is 2.59. The van der Waals surface area contributed by atoms with Crippen LogP contribution in [0, 0.1) is 0 Å². The Balaban J connectivity index is 1.92. The van der Waals surface area contributed by atoms with Crippen molar-refractivity contribution >= 4 is 23.2 Å². The minimum Gasteiger partial charge on any atom is -0.325 e. The summed E-state index contributed by atoms with van der Waals surface area (Å²) in [5.41, 5.74) is 2.66. The zero-order chi connectivity index (χ0) is 16.1. The van der Waals surface area contributed by atoms with Crippen molar-refractivity contribution in [1.82, 2.24) is 0 Å². The number of amides is 1. The minimum atomic E-state index is -0.354. The Labute approximate surface area is 140 Å². The molecule has 0 unspecified atom stereocenters. The molecule has 0 atom stereocenters. The van der Waals surface area contributed by atoms with E-state index in [-0.39, 0.29) is 11.8 Å². The fourth-order valence-electron chi connectivity index (χ4n) is 2.53. The quantitative estimate of drug-likeness (QED) is 0.710. The van der Waals surface area contributed by atoms with E-state index in [0.717, 1.165) is 16.8 Å². The summed E-state index contributed by atoms with van der Waals surface area (Å²) in [7, 11) is 0. The van der Waals surface area contributed by atoms with E-state index >= 15 is 0 Å². The first kappa shape index (κ1) is 15.3. The molecule has 114 valence electrons. The van der Waals surface area contributed by atoms with Crippen LogP contribution in [0.5, 0.6) is 0 Å². The summed E-state index contributed by atoms with van der Waals surface area (Å²) in [4.78, 5) is 12.9. The number of carbonyl (C=O) groups excluding carboxylic acids is 1. The largest absolute Gasteiger partial charge is 0.325 e. The van der Waals surface area contributed by atoms with Crippen molar-refractivity contribution in [3.05, 3.63) is 101 Å². The highest BCUT2D eigenvalue weighted by Gasteiger charge is 2.22. The fraction of sp³-hybridized carbons (Fsp3) is 0.0500. The summed E-state index contributed by atoms with van der Waals surface area (Å²) < 4.78 is 0. The van der Waals surface area contributed by atoms with Crippen LogP contribution in [0.3, 0.4) is 0 Å². The first-order valence-corrected chi connectivity index (χ1v) is 7.78. The molecule has 0 aliphatic rings. The average molecular weight is 322 g/mol. The van der Waals surface area contributed by atoms with Gasteiger partial charge in [0.05, 0.1) is 5.92 Å². The second-order valence-electron chi connectivity index (χ2n) is 5.25. The van der Waals surface area contributed by atoms with Crippen LogP contribution in [0.4, 0.5) is 5.69 Å². The molecule has 0 bridgehead atoms. The first-order chi connectivity index (χ1) is 11.2. The Morgan fingerprint density at radius 1 is 0.739 bits per heavy atom. The van der Waals surface area contributed by atoms with Gasteiger partial charge in [0.25, 0.3) is 0 Å². The van der Waals surface area contributed by atoms with E-state index in [4.69, 9.17) is 11.6 Å². The third kappa shape index (κ3) is 3.79. The van der Waals surface area contributed by atoms with E-state index in [9.17, 15) is 4.79 Å². The molecule has 3 aromatic rings. The van der Waals surface area contributed by atoms with Crippen LogP contribution in [0.1, 0.15) is 17.0 Å². The zero-order valence-corrected chi connectivity index (χ0v) is 13.2. The van der Waals surface area contributed by atoms with E-state index in [2.05, 4.69) is 5.32 Å². The molecular weight excluding hydrogens is 306 g/mol. The number of nitrogens with one attached hydrogen (secondary N) is 1. The normalized spacial score (nSPS) is 10.5. The molecule has 0 fully saturated rings. The Hall–Kier alpha value is -2.58. The molecule has 0 saturated heterocycles. The van der Waals surface area contributed by atoms with Crippen molar-refractivity contribution < 1.29 is 4.79 Å². The van der Waals surface area contributed by atoms with Crippen LogP contribution in [-0.4, -0.2) is 5.91 Å². The van der Waals surface area contributed by atoms with E-state index in [1.165, 1.54) is 0 Å². The lowest BCUT2D eigenvalue weighted by atomic mass is 9.90. The number of halogens is 1. The summed E-state index contributed by atoms with van der Waals surface area (Å²) in [5, 5.41) is 3.61. The van der Waals surface area contributed by atoms with Gasteiger partial charge in [-0.15, -0.1) is 0 Å². The third-order valence-corrected chi connectivity index (χ3v) is 3.89. The zero-order valence-electron chi connectivity index (χ0n) is 12.4. The fourth-order valence-corrected chi connectivity index (χ4v) is 2.66. The highest BCUT2D eigenvalue weighted by molar-refractivity contribution is 6.30. The van der Waals surface area contributed by atoms with Gasteiger partial charge in [-0.05, 0) is 35.4 Å². The number of benzene rings is 3. The number of carbonyl (C=O) groups is 1. The van der Waals surface area contributed by atoms with Gasteiger partial charge in [0, 0.05) is 10.7 Å². The maximum Gasteiger partial charge on any atom is 0.236 e. The summed E-state index contributed by atoms with van der Waals surface area (Å²) in [5.74, 6) is -0.419. The second kappa shape index (κ2) is 7.12. The molecule has 1 amide bonds. The van der Waals surface area contributed by atoms with Crippen LogP contribution < -0.4 is 5.32 Å². The van der Waals surface area contributed by atoms with E-state index < -0.39 is 0 Å². The monoisotopic (exact) mass is 321 g/mol. The van der Waals surface area contributed by atoms with Crippen molar-refractivity contribution in [2.24, 2.45) is 0 Å². The summed E-state index contributed by atoms with van der Waals surface area (Å²) in [6.07, 6.45) is 0. The molecule has 3 heteroatoms. The Morgan fingerprint density at radius 2 is 1.22 bits per heavy atom. The molecule has 0 spiro atoms. The third-order valence-electron chi connectivity index (χ3n) is 3.64. The van der Waals surface area contributed by atoms with Crippen LogP contribution in [0.25, 0.3) is 0 Å². The van der Waals surface area contributed by atoms with Crippen molar-refractivity contribution in [3.8, 4) is 0 Å². The van der Waals surface area contributed by atoms with E-state index in [1.807, 2.05) is 60.7 Å². The Morgan fingerprint density at radius 3 is 1.70 bits per heavy atom. The van der Waals surface area contributed by atoms with Crippen molar-refractivity contribution in [1.29, 1.82) is 0 Å². The van der Waals surface area contributed by atoms with E-state index in [1.54, 1.807) is 24.3 Å². The maximum absolute atomic E-state index is 12.9. The van der Waals surface area contributed by atoms with Gasteiger partial charge in [-0.25, -0.2) is 0 Å². The summed E-state index contributed by atoms with van der Waals surface area (Å²) >= 11 is 5.89. The highest BCUT2D eigenvalue weighted by atomic mass is 35.5. The van der Waals surface area contributed by atoms with Gasteiger partial charge < -0.3 is 5.32 Å². The van der Waals surface area contributed by atoms with Crippen LogP contribution >= 0.6 is 11.6 Å². The number of hydrogen-bond acceptors (Lipinski definition) is 1. The highest BCUT2D eigenvalue weighted by Crippen LogP contribution is 2.26. The predicted octanol–water partition coefficient (Wildman–Crippen LogP) is 5.11. The molecule has 3 aromatic carbocycles.